The molecule has 0 spiro atoms. The Balaban J connectivity index is 2.23. The summed E-state index contributed by atoms with van der Waals surface area (Å²) in [5, 5.41) is 0. The summed E-state index contributed by atoms with van der Waals surface area (Å²) in [5.74, 6) is 0.246. The van der Waals surface area contributed by atoms with Crippen molar-refractivity contribution in [3.05, 3.63) is 46.0 Å². The molecule has 2 rings (SSSR count). The summed E-state index contributed by atoms with van der Waals surface area (Å²) >= 11 is 0. The van der Waals surface area contributed by atoms with E-state index in [9.17, 15) is 9.59 Å². The minimum atomic E-state index is -0.315. The molecule has 0 bridgehead atoms. The highest BCUT2D eigenvalue weighted by molar-refractivity contribution is 5.79. The van der Waals surface area contributed by atoms with Crippen molar-refractivity contribution in [3.63, 3.8) is 0 Å². The summed E-state index contributed by atoms with van der Waals surface area (Å²) in [6.07, 6.45) is 1.63. The van der Waals surface area contributed by atoms with Gasteiger partial charge in [-0.05, 0) is 26.0 Å². The van der Waals surface area contributed by atoms with E-state index in [1.807, 2.05) is 13.0 Å². The van der Waals surface area contributed by atoms with Crippen molar-refractivity contribution < 1.29 is 9.53 Å². The number of aromatic nitrogens is 3. The number of pyridine rings is 1. The van der Waals surface area contributed by atoms with Gasteiger partial charge in [0.2, 0.25) is 5.91 Å². The van der Waals surface area contributed by atoms with Crippen molar-refractivity contribution in [3.8, 4) is 11.5 Å². The van der Waals surface area contributed by atoms with E-state index >= 15 is 0 Å². The normalized spacial score (nSPS) is 12.0. The zero-order valence-electron chi connectivity index (χ0n) is 14.4. The van der Waals surface area contributed by atoms with Crippen LogP contribution in [0, 0.1) is 6.92 Å². The van der Waals surface area contributed by atoms with Crippen LogP contribution < -0.4 is 5.56 Å². The van der Waals surface area contributed by atoms with E-state index in [0.29, 0.717) is 29.4 Å². The average Bonchev–Trinajstić information content (AvgIpc) is 2.58. The van der Waals surface area contributed by atoms with Crippen LogP contribution in [0.25, 0.3) is 11.5 Å². The number of hydrogen-bond acceptors (Lipinski definition) is 5. The van der Waals surface area contributed by atoms with Gasteiger partial charge < -0.3 is 14.6 Å². The van der Waals surface area contributed by atoms with E-state index in [1.165, 1.54) is 0 Å². The molecule has 2 heterocycles. The molecular weight excluding hydrogens is 308 g/mol. The number of H-pyrrole nitrogens is 1. The molecule has 128 valence electrons. The Hall–Kier alpha value is -2.54. The van der Waals surface area contributed by atoms with Gasteiger partial charge in [-0.3, -0.25) is 14.6 Å². The summed E-state index contributed by atoms with van der Waals surface area (Å²) in [6, 6.07) is 5.31. The van der Waals surface area contributed by atoms with Crippen molar-refractivity contribution in [2.45, 2.75) is 26.3 Å². The molecule has 1 N–H and O–H groups in total. The number of carbonyl (C=O) groups is 1. The van der Waals surface area contributed by atoms with Crippen molar-refractivity contribution in [2.75, 3.05) is 20.8 Å². The molecule has 0 aliphatic rings. The number of aromatic amines is 1. The topological polar surface area (TPSA) is 88.2 Å². The molecule has 0 aromatic carbocycles. The Labute approximate surface area is 140 Å². The molecule has 0 radical (unpaired) electrons. The monoisotopic (exact) mass is 330 g/mol. The van der Waals surface area contributed by atoms with Crippen LogP contribution >= 0.6 is 0 Å². The fourth-order valence-corrected chi connectivity index (χ4v) is 2.32. The van der Waals surface area contributed by atoms with Gasteiger partial charge in [-0.2, -0.15) is 0 Å². The molecular formula is C17H22N4O3. The lowest BCUT2D eigenvalue weighted by atomic mass is 10.1. The second-order valence-corrected chi connectivity index (χ2v) is 5.68. The molecule has 7 heteroatoms. The van der Waals surface area contributed by atoms with Crippen LogP contribution in [0.1, 0.15) is 18.2 Å². The third kappa shape index (κ3) is 4.05. The first-order chi connectivity index (χ1) is 11.4. The maximum absolute atomic E-state index is 12.4. The molecule has 7 nitrogen and oxygen atoms in total. The highest BCUT2D eigenvalue weighted by atomic mass is 16.5. The van der Waals surface area contributed by atoms with Crippen LogP contribution in [0.15, 0.2) is 29.2 Å². The van der Waals surface area contributed by atoms with E-state index in [0.717, 1.165) is 0 Å². The van der Waals surface area contributed by atoms with E-state index in [4.69, 9.17) is 4.74 Å². The number of rotatable bonds is 6. The van der Waals surface area contributed by atoms with Crippen molar-refractivity contribution in [2.24, 2.45) is 0 Å². The predicted octanol–water partition coefficient (Wildman–Crippen LogP) is 1.18. The Kier molecular flexibility index (Phi) is 5.81. The SMILES string of the molecule is COCC(C)N(C)C(=O)Cc1c(C)nc(-c2ccccn2)[nH]c1=O. The van der Waals surface area contributed by atoms with Gasteiger partial charge in [-0.1, -0.05) is 6.07 Å². The van der Waals surface area contributed by atoms with Crippen molar-refractivity contribution in [1.29, 1.82) is 0 Å². The summed E-state index contributed by atoms with van der Waals surface area (Å²) in [6.45, 7) is 4.05. The van der Waals surface area contributed by atoms with E-state index in [2.05, 4.69) is 15.0 Å². The lowest BCUT2D eigenvalue weighted by molar-refractivity contribution is -0.131. The molecule has 0 fully saturated rings. The number of nitrogens with one attached hydrogen (secondary N) is 1. The third-order valence-electron chi connectivity index (χ3n) is 3.92. The second-order valence-electron chi connectivity index (χ2n) is 5.68. The first-order valence-corrected chi connectivity index (χ1v) is 7.69. The van der Waals surface area contributed by atoms with Crippen LogP contribution in [0.2, 0.25) is 0 Å². The maximum atomic E-state index is 12.4. The molecule has 1 atom stereocenters. The smallest absolute Gasteiger partial charge is 0.255 e. The fourth-order valence-electron chi connectivity index (χ4n) is 2.32. The number of nitrogens with zero attached hydrogens (tertiary/aromatic N) is 3. The predicted molar refractivity (Wildman–Crippen MR) is 90.6 cm³/mol. The first kappa shape index (κ1) is 17.8. The standard InChI is InChI=1S/C17H22N4O3/c1-11(10-24-4)21(3)15(22)9-13-12(2)19-16(20-17(13)23)14-7-5-6-8-18-14/h5-8,11H,9-10H2,1-4H3,(H,19,20,23). The lowest BCUT2D eigenvalue weighted by Crippen LogP contribution is -2.39. The Morgan fingerprint density at radius 2 is 2.17 bits per heavy atom. The minimum Gasteiger partial charge on any atom is -0.383 e. The Morgan fingerprint density at radius 3 is 2.75 bits per heavy atom. The third-order valence-corrected chi connectivity index (χ3v) is 3.92. The fraction of sp³-hybridized carbons (Fsp3) is 0.412. The molecule has 2 aromatic heterocycles. The Bertz CT molecular complexity index is 758. The van der Waals surface area contributed by atoms with Gasteiger partial charge in [0.25, 0.3) is 5.56 Å². The van der Waals surface area contributed by atoms with Crippen LogP contribution in [-0.2, 0) is 16.0 Å². The summed E-state index contributed by atoms with van der Waals surface area (Å²) in [5.41, 5.74) is 1.17. The quantitative estimate of drug-likeness (QED) is 0.859. The van der Waals surface area contributed by atoms with Gasteiger partial charge >= 0.3 is 0 Å². The number of ether oxygens (including phenoxy) is 1. The minimum absolute atomic E-state index is 0.00121. The van der Waals surface area contributed by atoms with Gasteiger partial charge in [0.15, 0.2) is 5.82 Å². The number of methoxy groups -OCH3 is 1. The number of likely N-dealkylation sites (N-methyl/N-ethyl adjacent to an activating group) is 1. The van der Waals surface area contributed by atoms with Crippen molar-refractivity contribution in [1.82, 2.24) is 19.9 Å². The number of aryl methyl sites for hydroxylation is 1. The summed E-state index contributed by atoms with van der Waals surface area (Å²) < 4.78 is 5.06. The zero-order chi connectivity index (χ0) is 17.7. The molecule has 0 saturated heterocycles. The maximum Gasteiger partial charge on any atom is 0.255 e. The van der Waals surface area contributed by atoms with Gasteiger partial charge in [0.05, 0.1) is 19.1 Å². The number of amides is 1. The second kappa shape index (κ2) is 7.83. The van der Waals surface area contributed by atoms with E-state index in [1.54, 1.807) is 44.3 Å². The first-order valence-electron chi connectivity index (χ1n) is 7.69. The highest BCUT2D eigenvalue weighted by Gasteiger charge is 2.19. The van der Waals surface area contributed by atoms with Gasteiger partial charge in [0.1, 0.15) is 5.69 Å². The summed E-state index contributed by atoms with van der Waals surface area (Å²) in [7, 11) is 3.29. The lowest BCUT2D eigenvalue weighted by Gasteiger charge is -2.24. The molecule has 0 aliphatic heterocycles. The molecule has 0 aliphatic carbocycles. The molecule has 0 saturated carbocycles. The zero-order valence-corrected chi connectivity index (χ0v) is 14.4. The van der Waals surface area contributed by atoms with Gasteiger partial charge in [-0.15, -0.1) is 0 Å². The average molecular weight is 330 g/mol. The van der Waals surface area contributed by atoms with Crippen LogP contribution in [-0.4, -0.2) is 52.6 Å². The molecule has 1 unspecified atom stereocenters. The highest BCUT2D eigenvalue weighted by Crippen LogP contribution is 2.12. The Morgan fingerprint density at radius 1 is 1.42 bits per heavy atom. The molecule has 1 amide bonds. The van der Waals surface area contributed by atoms with Crippen LogP contribution in [0.5, 0.6) is 0 Å². The molecule has 2 aromatic rings. The van der Waals surface area contributed by atoms with E-state index in [-0.39, 0.29) is 23.9 Å². The van der Waals surface area contributed by atoms with Crippen molar-refractivity contribution >= 4 is 5.91 Å². The van der Waals surface area contributed by atoms with E-state index < -0.39 is 0 Å². The van der Waals surface area contributed by atoms with Crippen LogP contribution in [0.3, 0.4) is 0 Å². The summed E-state index contributed by atoms with van der Waals surface area (Å²) in [4.78, 5) is 37.6. The van der Waals surface area contributed by atoms with Gasteiger partial charge in [-0.25, -0.2) is 4.98 Å². The largest absolute Gasteiger partial charge is 0.383 e. The molecule has 24 heavy (non-hydrogen) atoms. The van der Waals surface area contributed by atoms with Gasteiger partial charge in [0, 0.05) is 31.6 Å². The number of hydrogen-bond donors (Lipinski definition) is 1. The number of carbonyl (C=O) groups excluding carboxylic acids is 1. The van der Waals surface area contributed by atoms with Crippen LogP contribution in [0.4, 0.5) is 0 Å².